The molecule has 2 aromatic rings. The van der Waals surface area contributed by atoms with Crippen LogP contribution in [0.2, 0.25) is 0 Å². The summed E-state index contributed by atoms with van der Waals surface area (Å²) in [6.45, 7) is 7.23. The number of rotatable bonds is 8. The second-order valence-corrected chi connectivity index (χ2v) is 9.50. The Labute approximate surface area is 215 Å². The van der Waals surface area contributed by atoms with Gasteiger partial charge in [-0.3, -0.25) is 19.6 Å². The number of aromatic nitrogens is 1. The molecule has 200 valence electrons. The Balaban J connectivity index is 1.78. The van der Waals surface area contributed by atoms with Crippen molar-refractivity contribution in [3.63, 3.8) is 0 Å². The highest BCUT2D eigenvalue weighted by Crippen LogP contribution is 2.32. The van der Waals surface area contributed by atoms with Crippen LogP contribution in [0.3, 0.4) is 0 Å². The highest BCUT2D eigenvalue weighted by Gasteiger charge is 2.37. The van der Waals surface area contributed by atoms with Crippen molar-refractivity contribution in [3.8, 4) is 0 Å². The van der Waals surface area contributed by atoms with Crippen molar-refractivity contribution < 1.29 is 22.8 Å². The van der Waals surface area contributed by atoms with E-state index in [-0.39, 0.29) is 24.6 Å². The molecule has 0 bridgehead atoms. The number of amides is 2. The van der Waals surface area contributed by atoms with Crippen LogP contribution in [-0.4, -0.2) is 70.7 Å². The van der Waals surface area contributed by atoms with Crippen LogP contribution in [0.25, 0.3) is 0 Å². The quantitative estimate of drug-likeness (QED) is 0.320. The van der Waals surface area contributed by atoms with Crippen molar-refractivity contribution in [1.29, 1.82) is 0 Å². The number of hydrogen-bond acceptors (Lipinski definition) is 4. The van der Waals surface area contributed by atoms with Gasteiger partial charge >= 0.3 is 6.18 Å². The summed E-state index contributed by atoms with van der Waals surface area (Å²) < 4.78 is 40.3. The Morgan fingerprint density at radius 2 is 1.62 bits per heavy atom. The number of unbranched alkanes of at least 4 members (excludes halogenated alkanes) is 2. The Hall–Kier alpha value is -3.43. The third-order valence-electron chi connectivity index (χ3n) is 6.23. The lowest BCUT2D eigenvalue weighted by Crippen LogP contribution is -2.52. The van der Waals surface area contributed by atoms with Gasteiger partial charge < -0.3 is 15.1 Å². The van der Waals surface area contributed by atoms with Gasteiger partial charge in [0, 0.05) is 38.9 Å². The zero-order chi connectivity index (χ0) is 27.1. The molecule has 3 rings (SSSR count). The normalized spacial score (nSPS) is 15.0. The van der Waals surface area contributed by atoms with E-state index in [1.807, 2.05) is 11.0 Å². The lowest BCUT2D eigenvalue weighted by Gasteiger charge is -2.37. The lowest BCUT2D eigenvalue weighted by molar-refractivity contribution is -0.138. The van der Waals surface area contributed by atoms with Gasteiger partial charge in [0.15, 0.2) is 5.84 Å². The largest absolute Gasteiger partial charge is 0.417 e. The molecule has 0 atom stereocenters. The maximum Gasteiger partial charge on any atom is 0.417 e. The number of halogens is 3. The highest BCUT2D eigenvalue weighted by atomic mass is 19.4. The molecule has 1 saturated heterocycles. The van der Waals surface area contributed by atoms with Gasteiger partial charge in [0.25, 0.3) is 5.91 Å². The van der Waals surface area contributed by atoms with E-state index < -0.39 is 23.2 Å². The van der Waals surface area contributed by atoms with E-state index in [4.69, 9.17) is 4.99 Å². The second kappa shape index (κ2) is 12.2. The molecular formula is C27H34F3N5O2. The smallest absolute Gasteiger partial charge is 0.354 e. The monoisotopic (exact) mass is 517 g/mol. The van der Waals surface area contributed by atoms with Gasteiger partial charge in [-0.2, -0.15) is 13.2 Å². The number of carbonyl (C=O) groups excluding carboxylic acids is 2. The average molecular weight is 518 g/mol. The second-order valence-electron chi connectivity index (χ2n) is 9.50. The Morgan fingerprint density at radius 1 is 0.973 bits per heavy atom. The summed E-state index contributed by atoms with van der Waals surface area (Å²) in [5.74, 6) is -0.345. The van der Waals surface area contributed by atoms with E-state index in [1.165, 1.54) is 23.1 Å². The molecule has 0 aliphatic carbocycles. The predicted octanol–water partition coefficient (Wildman–Crippen LogP) is 4.39. The van der Waals surface area contributed by atoms with E-state index in [2.05, 4.69) is 17.2 Å². The first kappa shape index (κ1) is 28.1. The topological polar surface area (TPSA) is 77.9 Å². The molecule has 0 radical (unpaired) electrons. The summed E-state index contributed by atoms with van der Waals surface area (Å²) in [5, 5.41) is 2.95. The fourth-order valence-electron chi connectivity index (χ4n) is 4.10. The number of nitrogens with one attached hydrogen (secondary N) is 1. The van der Waals surface area contributed by atoms with Gasteiger partial charge in [-0.1, -0.05) is 38.0 Å². The first-order chi connectivity index (χ1) is 17.5. The maximum atomic E-state index is 13.4. The summed E-state index contributed by atoms with van der Waals surface area (Å²) in [5.41, 5.74) is -1.79. The number of nitrogens with zero attached hydrogens (tertiary/aromatic N) is 4. The molecule has 1 fully saturated rings. The minimum atomic E-state index is -4.62. The van der Waals surface area contributed by atoms with Gasteiger partial charge in [0.05, 0.1) is 11.1 Å². The maximum absolute atomic E-state index is 13.4. The van der Waals surface area contributed by atoms with Crippen LogP contribution in [0.4, 0.5) is 13.2 Å². The van der Waals surface area contributed by atoms with E-state index in [1.54, 1.807) is 32.2 Å². The van der Waals surface area contributed by atoms with Crippen molar-refractivity contribution in [2.24, 2.45) is 4.99 Å². The van der Waals surface area contributed by atoms with Crippen molar-refractivity contribution >= 4 is 17.6 Å². The molecular weight excluding hydrogens is 483 g/mol. The molecule has 0 unspecified atom stereocenters. The van der Waals surface area contributed by atoms with E-state index in [0.29, 0.717) is 31.2 Å². The predicted molar refractivity (Wildman–Crippen MR) is 136 cm³/mol. The molecule has 10 heteroatoms. The van der Waals surface area contributed by atoms with Crippen molar-refractivity contribution in [2.45, 2.75) is 51.7 Å². The van der Waals surface area contributed by atoms with Gasteiger partial charge in [-0.15, -0.1) is 0 Å². The van der Waals surface area contributed by atoms with Crippen LogP contribution in [0, 0.1) is 0 Å². The zero-order valence-electron chi connectivity index (χ0n) is 21.5. The van der Waals surface area contributed by atoms with Gasteiger partial charge in [-0.05, 0) is 44.5 Å². The summed E-state index contributed by atoms with van der Waals surface area (Å²) in [7, 11) is 0. The molecule has 1 aliphatic rings. The molecule has 1 N–H and O–H groups in total. The number of piperazine rings is 1. The van der Waals surface area contributed by atoms with E-state index in [9.17, 15) is 22.8 Å². The SMILES string of the molecule is CCCCCNC(=O)C(C)(C)/N=C(\c1ccccn1)N1CCN(C(=O)c2ccccc2C(F)(F)F)CC1. The number of benzene rings is 1. The number of aliphatic imine (C=N–C) groups is 1. The van der Waals surface area contributed by atoms with Crippen molar-refractivity contribution in [3.05, 3.63) is 65.5 Å². The first-order valence-corrected chi connectivity index (χ1v) is 12.5. The number of carbonyl (C=O) groups is 2. The van der Waals surface area contributed by atoms with E-state index >= 15 is 0 Å². The summed E-state index contributed by atoms with van der Waals surface area (Å²) >= 11 is 0. The lowest BCUT2D eigenvalue weighted by atomic mass is 10.0. The van der Waals surface area contributed by atoms with Gasteiger partial charge in [-0.25, -0.2) is 0 Å². The van der Waals surface area contributed by atoms with Crippen LogP contribution in [0.1, 0.15) is 61.6 Å². The number of alkyl halides is 3. The molecule has 1 aromatic carbocycles. The first-order valence-electron chi connectivity index (χ1n) is 12.5. The summed E-state index contributed by atoms with van der Waals surface area (Å²) in [6.07, 6.45) is -0.00814. The number of hydrogen-bond donors (Lipinski definition) is 1. The summed E-state index contributed by atoms with van der Waals surface area (Å²) in [6, 6.07) is 10.2. The molecule has 1 aliphatic heterocycles. The average Bonchev–Trinajstić information content (AvgIpc) is 2.89. The minimum Gasteiger partial charge on any atom is -0.354 e. The molecule has 2 amide bonds. The van der Waals surface area contributed by atoms with Crippen molar-refractivity contribution in [2.75, 3.05) is 32.7 Å². The highest BCUT2D eigenvalue weighted by molar-refractivity contribution is 6.00. The molecule has 37 heavy (non-hydrogen) atoms. The van der Waals surface area contributed by atoms with Gasteiger partial charge in [0.1, 0.15) is 11.2 Å². The van der Waals surface area contributed by atoms with Crippen LogP contribution in [0.15, 0.2) is 53.7 Å². The molecule has 7 nitrogen and oxygen atoms in total. The molecule has 0 saturated carbocycles. The molecule has 0 spiro atoms. The van der Waals surface area contributed by atoms with Crippen LogP contribution >= 0.6 is 0 Å². The standard InChI is InChI=1S/C27H34F3N5O2/c1-4-5-9-15-32-25(37)26(2,3)33-23(22-13-8-10-14-31-22)34-16-18-35(19-17-34)24(36)20-11-6-7-12-21(20)27(28,29)30/h6-8,10-14H,4-5,9,15-19H2,1-3H3,(H,32,37)/b33-23+. The minimum absolute atomic E-state index is 0.199. The third-order valence-corrected chi connectivity index (χ3v) is 6.23. The Bertz CT molecular complexity index is 1090. The van der Waals surface area contributed by atoms with Crippen LogP contribution in [0.5, 0.6) is 0 Å². The summed E-state index contributed by atoms with van der Waals surface area (Å²) in [4.78, 5) is 38.4. The Kier molecular flexibility index (Phi) is 9.29. The van der Waals surface area contributed by atoms with Gasteiger partial charge in [0.2, 0.25) is 5.91 Å². The zero-order valence-corrected chi connectivity index (χ0v) is 21.5. The van der Waals surface area contributed by atoms with Crippen molar-refractivity contribution in [1.82, 2.24) is 20.1 Å². The number of amidine groups is 1. The molecule has 2 heterocycles. The Morgan fingerprint density at radius 3 is 2.24 bits per heavy atom. The fraction of sp³-hybridized carbons (Fsp3) is 0.481. The fourth-order valence-corrected chi connectivity index (χ4v) is 4.10. The van der Waals surface area contributed by atoms with Crippen LogP contribution < -0.4 is 5.32 Å². The third kappa shape index (κ3) is 7.30. The van der Waals surface area contributed by atoms with Crippen LogP contribution in [-0.2, 0) is 11.0 Å². The number of pyridine rings is 1. The van der Waals surface area contributed by atoms with E-state index in [0.717, 1.165) is 25.3 Å². The molecule has 1 aromatic heterocycles.